The first-order chi connectivity index (χ1) is 11.9. The number of likely N-dealkylation sites (N-methyl/N-ethyl adjacent to an activating group) is 1. The van der Waals surface area contributed by atoms with Crippen LogP contribution in [0.2, 0.25) is 0 Å². The van der Waals surface area contributed by atoms with Gasteiger partial charge in [-0.05, 0) is 63.2 Å². The van der Waals surface area contributed by atoms with Crippen LogP contribution >= 0.6 is 0 Å². The summed E-state index contributed by atoms with van der Waals surface area (Å²) < 4.78 is 0. The first-order valence-electron chi connectivity index (χ1n) is 9.58. The summed E-state index contributed by atoms with van der Waals surface area (Å²) in [5.41, 5.74) is 2.74. The second kappa shape index (κ2) is 9.35. The molecule has 4 nitrogen and oxygen atoms in total. The maximum atomic E-state index is 11.1. The largest absolute Gasteiger partial charge is 0.481 e. The topological polar surface area (TPSA) is 52.6 Å². The summed E-state index contributed by atoms with van der Waals surface area (Å²) in [6, 6.07) is 9.80. The number of carboxylic acid groups (broad SMARTS) is 1. The summed E-state index contributed by atoms with van der Waals surface area (Å²) in [5, 5.41) is 12.8. The van der Waals surface area contributed by atoms with E-state index < -0.39 is 5.97 Å². The number of carbonyl (C=O) groups is 1. The molecular formula is C21H34N2O2. The highest BCUT2D eigenvalue weighted by molar-refractivity contribution is 5.70. The third-order valence-electron chi connectivity index (χ3n) is 5.31. The summed E-state index contributed by atoms with van der Waals surface area (Å²) in [7, 11) is 4.24. The lowest BCUT2D eigenvalue weighted by Crippen LogP contribution is -2.39. The zero-order valence-corrected chi connectivity index (χ0v) is 16.2. The normalized spacial score (nSPS) is 22.3. The molecule has 2 rings (SSSR count). The molecule has 1 fully saturated rings. The van der Waals surface area contributed by atoms with Gasteiger partial charge in [0.1, 0.15) is 0 Å². The molecule has 1 aromatic rings. The van der Waals surface area contributed by atoms with Crippen LogP contribution in [0, 0.1) is 11.8 Å². The molecule has 2 N–H and O–H groups in total. The molecule has 0 heterocycles. The quantitative estimate of drug-likeness (QED) is 0.753. The Bertz CT molecular complexity index is 531. The number of carboxylic acids is 1. The highest BCUT2D eigenvalue weighted by atomic mass is 16.4. The van der Waals surface area contributed by atoms with Gasteiger partial charge in [0.05, 0.1) is 5.92 Å². The van der Waals surface area contributed by atoms with Crippen molar-refractivity contribution in [2.24, 2.45) is 11.8 Å². The van der Waals surface area contributed by atoms with Crippen LogP contribution < -0.4 is 5.32 Å². The van der Waals surface area contributed by atoms with Gasteiger partial charge in [-0.2, -0.15) is 0 Å². The van der Waals surface area contributed by atoms with Crippen LogP contribution in [0.15, 0.2) is 24.3 Å². The fraction of sp³-hybridized carbons (Fsp3) is 0.667. The van der Waals surface area contributed by atoms with Gasteiger partial charge in [0.25, 0.3) is 0 Å². The first kappa shape index (κ1) is 19.9. The summed E-state index contributed by atoms with van der Waals surface area (Å²) in [6.45, 7) is 5.40. The lowest BCUT2D eigenvalue weighted by atomic mass is 9.86. The van der Waals surface area contributed by atoms with E-state index in [0.717, 1.165) is 38.6 Å². The Balaban J connectivity index is 1.90. The first-order valence-corrected chi connectivity index (χ1v) is 9.58. The van der Waals surface area contributed by atoms with Gasteiger partial charge in [0.2, 0.25) is 0 Å². The van der Waals surface area contributed by atoms with Crippen molar-refractivity contribution in [1.29, 1.82) is 0 Å². The predicted octanol–water partition coefficient (Wildman–Crippen LogP) is 3.72. The molecule has 1 aliphatic carbocycles. The average molecular weight is 347 g/mol. The van der Waals surface area contributed by atoms with E-state index in [4.69, 9.17) is 5.11 Å². The van der Waals surface area contributed by atoms with Crippen molar-refractivity contribution in [2.45, 2.75) is 58.0 Å². The van der Waals surface area contributed by atoms with E-state index in [0.29, 0.717) is 18.0 Å². The molecule has 1 atom stereocenters. The van der Waals surface area contributed by atoms with Crippen molar-refractivity contribution < 1.29 is 9.90 Å². The zero-order valence-electron chi connectivity index (χ0n) is 16.2. The van der Waals surface area contributed by atoms with E-state index in [1.807, 2.05) is 0 Å². The van der Waals surface area contributed by atoms with Gasteiger partial charge in [-0.3, -0.25) is 4.79 Å². The number of rotatable bonds is 8. The maximum Gasteiger partial charge on any atom is 0.306 e. The second-order valence-electron chi connectivity index (χ2n) is 8.11. The molecule has 4 heteroatoms. The molecule has 0 radical (unpaired) electrons. The molecule has 25 heavy (non-hydrogen) atoms. The van der Waals surface area contributed by atoms with Gasteiger partial charge in [0.15, 0.2) is 0 Å². The summed E-state index contributed by atoms with van der Waals surface area (Å²) in [6.07, 6.45) is 4.64. The highest BCUT2D eigenvalue weighted by Gasteiger charge is 2.26. The number of hydrogen-bond donors (Lipinski definition) is 2. The smallest absolute Gasteiger partial charge is 0.306 e. The number of benzene rings is 1. The molecule has 0 aliphatic heterocycles. The van der Waals surface area contributed by atoms with E-state index in [2.05, 4.69) is 62.4 Å². The van der Waals surface area contributed by atoms with Crippen LogP contribution in [0.5, 0.6) is 0 Å². The highest BCUT2D eigenvalue weighted by Crippen LogP contribution is 2.25. The predicted molar refractivity (Wildman–Crippen MR) is 103 cm³/mol. The summed E-state index contributed by atoms with van der Waals surface area (Å²) >= 11 is 0. The van der Waals surface area contributed by atoms with Crippen molar-refractivity contribution in [3.05, 3.63) is 35.4 Å². The SMILES string of the molecule is CC(C)Cc1ccc(C(CNC2CCC(C(=O)O)CC2)N(C)C)cc1. The van der Waals surface area contributed by atoms with Crippen molar-refractivity contribution in [3.8, 4) is 0 Å². The molecule has 0 amide bonds. The molecule has 1 unspecified atom stereocenters. The van der Waals surface area contributed by atoms with Gasteiger partial charge in [-0.1, -0.05) is 38.1 Å². The third kappa shape index (κ3) is 6.12. The number of nitrogens with one attached hydrogen (secondary N) is 1. The molecule has 1 aliphatic rings. The Labute approximate surface area is 152 Å². The van der Waals surface area contributed by atoms with Gasteiger partial charge in [0, 0.05) is 18.6 Å². The van der Waals surface area contributed by atoms with Gasteiger partial charge < -0.3 is 15.3 Å². The Morgan fingerprint density at radius 3 is 2.24 bits per heavy atom. The minimum absolute atomic E-state index is 0.142. The zero-order chi connectivity index (χ0) is 18.4. The standard InChI is InChI=1S/C21H34N2O2/c1-15(2)13-16-5-7-17(8-6-16)20(23(3)4)14-22-19-11-9-18(10-12-19)21(24)25/h5-8,15,18-20,22H,9-14H2,1-4H3,(H,24,25). The molecule has 140 valence electrons. The van der Waals surface area contributed by atoms with Crippen molar-refractivity contribution >= 4 is 5.97 Å². The van der Waals surface area contributed by atoms with Crippen molar-refractivity contribution in [2.75, 3.05) is 20.6 Å². The van der Waals surface area contributed by atoms with Crippen LogP contribution in [-0.4, -0.2) is 42.7 Å². The molecule has 0 saturated heterocycles. The van der Waals surface area contributed by atoms with E-state index in [1.54, 1.807) is 0 Å². The minimum Gasteiger partial charge on any atom is -0.481 e. The molecule has 0 spiro atoms. The molecular weight excluding hydrogens is 312 g/mol. The fourth-order valence-corrected chi connectivity index (χ4v) is 3.77. The number of hydrogen-bond acceptors (Lipinski definition) is 3. The Morgan fingerprint density at radius 1 is 1.16 bits per heavy atom. The van der Waals surface area contributed by atoms with Crippen molar-refractivity contribution in [1.82, 2.24) is 10.2 Å². The average Bonchev–Trinajstić information content (AvgIpc) is 2.56. The van der Waals surface area contributed by atoms with E-state index in [1.165, 1.54) is 11.1 Å². The van der Waals surface area contributed by atoms with E-state index in [-0.39, 0.29) is 5.92 Å². The van der Waals surface area contributed by atoms with Crippen LogP contribution in [-0.2, 0) is 11.2 Å². The van der Waals surface area contributed by atoms with Crippen LogP contribution in [0.4, 0.5) is 0 Å². The molecule has 0 aromatic heterocycles. The van der Waals surface area contributed by atoms with Gasteiger partial charge in [-0.15, -0.1) is 0 Å². The van der Waals surface area contributed by atoms with Crippen LogP contribution in [0.3, 0.4) is 0 Å². The molecule has 1 aromatic carbocycles. The van der Waals surface area contributed by atoms with Crippen LogP contribution in [0.25, 0.3) is 0 Å². The van der Waals surface area contributed by atoms with Gasteiger partial charge >= 0.3 is 5.97 Å². The number of nitrogens with zero attached hydrogens (tertiary/aromatic N) is 1. The van der Waals surface area contributed by atoms with E-state index in [9.17, 15) is 4.79 Å². The molecule has 0 bridgehead atoms. The Morgan fingerprint density at radius 2 is 1.76 bits per heavy atom. The Kier molecular flexibility index (Phi) is 7.45. The molecule has 1 saturated carbocycles. The minimum atomic E-state index is -0.633. The second-order valence-corrected chi connectivity index (χ2v) is 8.11. The third-order valence-corrected chi connectivity index (χ3v) is 5.31. The lowest BCUT2D eigenvalue weighted by molar-refractivity contribution is -0.142. The van der Waals surface area contributed by atoms with Crippen LogP contribution in [0.1, 0.15) is 56.7 Å². The summed E-state index contributed by atoms with van der Waals surface area (Å²) in [4.78, 5) is 13.3. The van der Waals surface area contributed by atoms with Crippen molar-refractivity contribution in [3.63, 3.8) is 0 Å². The summed E-state index contributed by atoms with van der Waals surface area (Å²) in [5.74, 6) is -0.0969. The van der Waals surface area contributed by atoms with E-state index >= 15 is 0 Å². The van der Waals surface area contributed by atoms with Gasteiger partial charge in [-0.25, -0.2) is 0 Å². The fourth-order valence-electron chi connectivity index (χ4n) is 3.77. The lowest BCUT2D eigenvalue weighted by Gasteiger charge is -2.31. The maximum absolute atomic E-state index is 11.1. The Hall–Kier alpha value is -1.39. The monoisotopic (exact) mass is 346 g/mol. The number of aliphatic carboxylic acids is 1.